The molecule has 2 aromatic rings. The first kappa shape index (κ1) is 10.7. The molecule has 88 valence electrons. The highest BCUT2D eigenvalue weighted by atomic mass is 35.5. The van der Waals surface area contributed by atoms with Crippen molar-refractivity contribution in [2.24, 2.45) is 0 Å². The van der Waals surface area contributed by atoms with Crippen LogP contribution in [0.15, 0.2) is 24.3 Å². The molecule has 4 heteroatoms. The van der Waals surface area contributed by atoms with Crippen LogP contribution >= 0.6 is 11.6 Å². The third-order valence-electron chi connectivity index (χ3n) is 3.12. The summed E-state index contributed by atoms with van der Waals surface area (Å²) < 4.78 is 2.03. The van der Waals surface area contributed by atoms with Crippen LogP contribution in [0.25, 0.3) is 11.3 Å². The number of aromatic nitrogens is 2. The van der Waals surface area contributed by atoms with Gasteiger partial charge in [-0.2, -0.15) is 5.10 Å². The van der Waals surface area contributed by atoms with Gasteiger partial charge in [-0.25, -0.2) is 4.68 Å². The summed E-state index contributed by atoms with van der Waals surface area (Å²) in [5.74, 6) is 1.17. The van der Waals surface area contributed by atoms with Crippen LogP contribution in [0.5, 0.6) is 0 Å². The Morgan fingerprint density at radius 2 is 2.35 bits per heavy atom. The maximum atomic E-state index is 6.04. The van der Waals surface area contributed by atoms with E-state index in [0.717, 1.165) is 35.8 Å². The molecule has 0 aliphatic carbocycles. The number of hydrogen-bond donors (Lipinski definition) is 1. The van der Waals surface area contributed by atoms with Gasteiger partial charge in [0.05, 0.1) is 5.69 Å². The Morgan fingerprint density at radius 3 is 3.12 bits per heavy atom. The van der Waals surface area contributed by atoms with Crippen molar-refractivity contribution in [3.05, 3.63) is 34.9 Å². The number of benzene rings is 1. The predicted molar refractivity (Wildman–Crippen MR) is 70.5 cm³/mol. The molecule has 2 heterocycles. The Balaban J connectivity index is 2.15. The topological polar surface area (TPSA) is 29.9 Å². The lowest BCUT2D eigenvalue weighted by Crippen LogP contribution is -2.04. The van der Waals surface area contributed by atoms with Gasteiger partial charge in [0.25, 0.3) is 0 Å². The van der Waals surface area contributed by atoms with Crippen LogP contribution in [0.1, 0.15) is 12.5 Å². The zero-order valence-electron chi connectivity index (χ0n) is 9.70. The van der Waals surface area contributed by atoms with E-state index in [4.69, 9.17) is 11.6 Å². The molecule has 0 bridgehead atoms. The third-order valence-corrected chi connectivity index (χ3v) is 3.35. The Kier molecular flexibility index (Phi) is 2.56. The fraction of sp³-hybridized carbons (Fsp3) is 0.308. The number of halogens is 1. The third kappa shape index (κ3) is 1.71. The zero-order chi connectivity index (χ0) is 11.8. The van der Waals surface area contributed by atoms with Crippen molar-refractivity contribution in [3.8, 4) is 11.3 Å². The summed E-state index contributed by atoms with van der Waals surface area (Å²) in [7, 11) is 0. The summed E-state index contributed by atoms with van der Waals surface area (Å²) in [6.45, 7) is 3.99. The smallest absolute Gasteiger partial charge is 0.128 e. The number of hydrogen-bond acceptors (Lipinski definition) is 2. The fourth-order valence-electron chi connectivity index (χ4n) is 2.34. The molecular weight excluding hydrogens is 234 g/mol. The van der Waals surface area contributed by atoms with E-state index in [1.54, 1.807) is 0 Å². The van der Waals surface area contributed by atoms with Gasteiger partial charge in [0.2, 0.25) is 0 Å². The minimum absolute atomic E-state index is 0.758. The Morgan fingerprint density at radius 1 is 1.47 bits per heavy atom. The summed E-state index contributed by atoms with van der Waals surface area (Å²) in [6.07, 6.45) is 1.04. The molecule has 0 spiro atoms. The number of nitrogens with zero attached hydrogens (tertiary/aromatic N) is 2. The molecule has 0 unspecified atom stereocenters. The van der Waals surface area contributed by atoms with Gasteiger partial charge in [0.15, 0.2) is 0 Å². The highest BCUT2D eigenvalue weighted by Gasteiger charge is 2.22. The van der Waals surface area contributed by atoms with E-state index in [-0.39, 0.29) is 0 Å². The van der Waals surface area contributed by atoms with Gasteiger partial charge in [-0.05, 0) is 25.5 Å². The number of rotatable bonds is 2. The molecule has 0 fully saturated rings. The second-order valence-corrected chi connectivity index (χ2v) is 4.62. The molecule has 1 aromatic carbocycles. The molecule has 0 saturated carbocycles. The van der Waals surface area contributed by atoms with E-state index in [9.17, 15) is 0 Å². The quantitative estimate of drug-likeness (QED) is 0.883. The van der Waals surface area contributed by atoms with E-state index in [0.29, 0.717) is 0 Å². The Bertz CT molecular complexity index is 560. The normalized spacial score (nSPS) is 13.5. The number of fused-ring (bicyclic) bond motifs is 1. The van der Waals surface area contributed by atoms with Crippen LogP contribution in [0.2, 0.25) is 5.02 Å². The highest BCUT2D eigenvalue weighted by molar-refractivity contribution is 6.30. The van der Waals surface area contributed by atoms with Crippen molar-refractivity contribution in [2.45, 2.75) is 19.9 Å². The molecule has 0 atom stereocenters. The Labute approximate surface area is 105 Å². The maximum absolute atomic E-state index is 6.04. The molecular formula is C13H14ClN3. The first-order valence-corrected chi connectivity index (χ1v) is 6.27. The Hall–Kier alpha value is -1.48. The van der Waals surface area contributed by atoms with Gasteiger partial charge in [0, 0.05) is 29.2 Å². The van der Waals surface area contributed by atoms with Crippen molar-refractivity contribution < 1.29 is 0 Å². The van der Waals surface area contributed by atoms with Crippen LogP contribution in [0.3, 0.4) is 0 Å². The summed E-state index contributed by atoms with van der Waals surface area (Å²) in [4.78, 5) is 0. The van der Waals surface area contributed by atoms with E-state index in [1.165, 1.54) is 11.4 Å². The van der Waals surface area contributed by atoms with Crippen molar-refractivity contribution in [1.82, 2.24) is 9.78 Å². The van der Waals surface area contributed by atoms with Crippen molar-refractivity contribution in [2.75, 3.05) is 11.9 Å². The molecule has 1 aliphatic heterocycles. The first-order valence-electron chi connectivity index (χ1n) is 5.89. The lowest BCUT2D eigenvalue weighted by atomic mass is 10.1. The van der Waals surface area contributed by atoms with Gasteiger partial charge in [0.1, 0.15) is 5.82 Å². The second kappa shape index (κ2) is 4.08. The van der Waals surface area contributed by atoms with Crippen LogP contribution in [0, 0.1) is 0 Å². The molecule has 0 saturated heterocycles. The van der Waals surface area contributed by atoms with Gasteiger partial charge in [-0.15, -0.1) is 0 Å². The van der Waals surface area contributed by atoms with Crippen LogP contribution in [0.4, 0.5) is 5.82 Å². The van der Waals surface area contributed by atoms with E-state index >= 15 is 0 Å². The lowest BCUT2D eigenvalue weighted by Gasteiger charge is -2.01. The molecule has 1 aromatic heterocycles. The number of nitrogens with one attached hydrogen (secondary N) is 1. The maximum Gasteiger partial charge on any atom is 0.128 e. The molecule has 0 radical (unpaired) electrons. The molecule has 0 amide bonds. The summed E-state index contributed by atoms with van der Waals surface area (Å²) in [5, 5.41) is 8.81. The molecule has 17 heavy (non-hydrogen) atoms. The van der Waals surface area contributed by atoms with Crippen molar-refractivity contribution in [1.29, 1.82) is 0 Å². The van der Waals surface area contributed by atoms with Crippen LogP contribution in [-0.4, -0.2) is 16.3 Å². The van der Waals surface area contributed by atoms with Crippen LogP contribution in [-0.2, 0) is 13.0 Å². The monoisotopic (exact) mass is 247 g/mol. The van der Waals surface area contributed by atoms with Gasteiger partial charge in [-0.3, -0.25) is 0 Å². The lowest BCUT2D eigenvalue weighted by molar-refractivity contribution is 0.668. The fourth-order valence-corrected chi connectivity index (χ4v) is 2.53. The summed E-state index contributed by atoms with van der Waals surface area (Å²) in [6, 6.07) is 7.90. The number of anilines is 1. The minimum Gasteiger partial charge on any atom is -0.370 e. The average Bonchev–Trinajstić information content (AvgIpc) is 2.89. The second-order valence-electron chi connectivity index (χ2n) is 4.18. The standard InChI is InChI=1S/C13H14ClN3/c1-2-17-13-11(6-7-15-13)12(16-17)9-4-3-5-10(14)8-9/h3-5,8,15H,2,6-7H2,1H3. The molecule has 1 N–H and O–H groups in total. The number of aryl methyl sites for hydroxylation is 1. The molecule has 1 aliphatic rings. The zero-order valence-corrected chi connectivity index (χ0v) is 10.5. The van der Waals surface area contributed by atoms with E-state index in [1.807, 2.05) is 22.9 Å². The highest BCUT2D eigenvalue weighted by Crippen LogP contribution is 2.33. The molecule has 3 nitrogen and oxygen atoms in total. The minimum atomic E-state index is 0.758. The van der Waals surface area contributed by atoms with Crippen molar-refractivity contribution >= 4 is 17.4 Å². The van der Waals surface area contributed by atoms with E-state index in [2.05, 4.69) is 23.4 Å². The van der Waals surface area contributed by atoms with E-state index < -0.39 is 0 Å². The first-order chi connectivity index (χ1) is 8.29. The van der Waals surface area contributed by atoms with Gasteiger partial charge >= 0.3 is 0 Å². The average molecular weight is 248 g/mol. The van der Waals surface area contributed by atoms with Gasteiger partial charge in [-0.1, -0.05) is 23.7 Å². The van der Waals surface area contributed by atoms with Crippen molar-refractivity contribution in [3.63, 3.8) is 0 Å². The largest absolute Gasteiger partial charge is 0.370 e. The molecule has 3 rings (SSSR count). The summed E-state index contributed by atoms with van der Waals surface area (Å²) >= 11 is 6.04. The van der Waals surface area contributed by atoms with Gasteiger partial charge < -0.3 is 5.32 Å². The SMILES string of the molecule is CCn1nc(-c2cccc(Cl)c2)c2c1NCC2. The van der Waals surface area contributed by atoms with Crippen LogP contribution < -0.4 is 5.32 Å². The predicted octanol–water partition coefficient (Wildman–Crippen LogP) is 3.19. The summed E-state index contributed by atoms with van der Waals surface area (Å²) in [5.41, 5.74) is 3.48.